The normalized spacial score (nSPS) is 23.4. The summed E-state index contributed by atoms with van der Waals surface area (Å²) in [4.78, 5) is 14.5. The van der Waals surface area contributed by atoms with Crippen molar-refractivity contribution in [3.63, 3.8) is 0 Å². The topological polar surface area (TPSA) is 32.3 Å². The molecule has 1 N–H and O–H groups in total. The first kappa shape index (κ1) is 14.6. The van der Waals surface area contributed by atoms with Crippen LogP contribution in [0.15, 0.2) is 30.3 Å². The zero-order chi connectivity index (χ0) is 14.5. The number of hydrogen-bond acceptors (Lipinski definition) is 2. The lowest BCUT2D eigenvalue weighted by Crippen LogP contribution is -2.48. The molecule has 1 heterocycles. The summed E-state index contributed by atoms with van der Waals surface area (Å²) < 4.78 is 0. The monoisotopic (exact) mass is 286 g/mol. The standard InChI is InChI=1S/C18H26N2O/c21-18(16-9-2-1-3-10-16)20-12-6-11-17(14-20)19-13-15-7-4-5-8-15/h1-3,9-10,15,17,19H,4-8,11-14H2. The molecule has 1 saturated heterocycles. The highest BCUT2D eigenvalue weighted by molar-refractivity contribution is 5.94. The Balaban J connectivity index is 1.51. The average molecular weight is 286 g/mol. The third-order valence-corrected chi connectivity index (χ3v) is 4.90. The van der Waals surface area contributed by atoms with Crippen molar-refractivity contribution in [3.8, 4) is 0 Å². The van der Waals surface area contributed by atoms with Gasteiger partial charge in [-0.2, -0.15) is 0 Å². The van der Waals surface area contributed by atoms with E-state index in [2.05, 4.69) is 5.32 Å². The Morgan fingerprint density at radius 3 is 2.62 bits per heavy atom. The number of rotatable bonds is 4. The molecule has 1 amide bonds. The number of benzene rings is 1. The van der Waals surface area contributed by atoms with Gasteiger partial charge < -0.3 is 10.2 Å². The zero-order valence-corrected chi connectivity index (χ0v) is 12.8. The molecule has 114 valence electrons. The van der Waals surface area contributed by atoms with Crippen molar-refractivity contribution in [1.29, 1.82) is 0 Å². The molecule has 0 radical (unpaired) electrons. The van der Waals surface area contributed by atoms with Gasteiger partial charge in [0.15, 0.2) is 0 Å². The van der Waals surface area contributed by atoms with Gasteiger partial charge in [0.1, 0.15) is 0 Å². The van der Waals surface area contributed by atoms with Crippen LogP contribution in [-0.2, 0) is 0 Å². The van der Waals surface area contributed by atoms with Crippen molar-refractivity contribution >= 4 is 5.91 Å². The molecule has 1 aliphatic heterocycles. The third-order valence-electron chi connectivity index (χ3n) is 4.90. The SMILES string of the molecule is O=C(c1ccccc1)N1CCCC(NCC2CCCC2)C1. The number of likely N-dealkylation sites (tertiary alicyclic amines) is 1. The van der Waals surface area contributed by atoms with Crippen molar-refractivity contribution < 1.29 is 4.79 Å². The lowest BCUT2D eigenvalue weighted by atomic mass is 10.0. The van der Waals surface area contributed by atoms with Crippen molar-refractivity contribution in [3.05, 3.63) is 35.9 Å². The van der Waals surface area contributed by atoms with Crippen LogP contribution in [0.1, 0.15) is 48.9 Å². The summed E-state index contributed by atoms with van der Waals surface area (Å²) in [6, 6.07) is 10.1. The largest absolute Gasteiger partial charge is 0.337 e. The molecule has 1 aromatic carbocycles. The summed E-state index contributed by atoms with van der Waals surface area (Å²) in [5.41, 5.74) is 0.814. The van der Waals surface area contributed by atoms with Gasteiger partial charge in [0.05, 0.1) is 0 Å². The average Bonchev–Trinajstić information content (AvgIpc) is 3.07. The van der Waals surface area contributed by atoms with Crippen LogP contribution in [0.4, 0.5) is 0 Å². The Bertz CT molecular complexity index is 454. The first-order valence-corrected chi connectivity index (χ1v) is 8.40. The molecule has 1 saturated carbocycles. The van der Waals surface area contributed by atoms with Crippen molar-refractivity contribution in [2.24, 2.45) is 5.92 Å². The highest BCUT2D eigenvalue weighted by Gasteiger charge is 2.25. The van der Waals surface area contributed by atoms with Gasteiger partial charge in [-0.05, 0) is 50.3 Å². The molecule has 1 aromatic rings. The fourth-order valence-electron chi connectivity index (χ4n) is 3.64. The van der Waals surface area contributed by atoms with Crippen LogP contribution in [-0.4, -0.2) is 36.5 Å². The summed E-state index contributed by atoms with van der Waals surface area (Å²) in [6.45, 7) is 2.90. The molecule has 3 heteroatoms. The van der Waals surface area contributed by atoms with E-state index in [1.165, 1.54) is 32.1 Å². The predicted molar refractivity (Wildman–Crippen MR) is 85.3 cm³/mol. The molecule has 2 aliphatic rings. The van der Waals surface area contributed by atoms with E-state index in [0.29, 0.717) is 6.04 Å². The number of piperidine rings is 1. The highest BCUT2D eigenvalue weighted by Crippen LogP contribution is 2.24. The summed E-state index contributed by atoms with van der Waals surface area (Å²) in [5, 5.41) is 3.71. The molecule has 3 nitrogen and oxygen atoms in total. The molecule has 0 aromatic heterocycles. The van der Waals surface area contributed by atoms with Crippen molar-refractivity contribution in [2.75, 3.05) is 19.6 Å². The molecule has 3 rings (SSSR count). The Hall–Kier alpha value is -1.35. The Kier molecular flexibility index (Phi) is 4.91. The van der Waals surface area contributed by atoms with Gasteiger partial charge in [-0.3, -0.25) is 4.79 Å². The minimum atomic E-state index is 0.183. The van der Waals surface area contributed by atoms with Gasteiger partial charge in [0.2, 0.25) is 0 Å². The van der Waals surface area contributed by atoms with Crippen LogP contribution in [0, 0.1) is 5.92 Å². The molecule has 0 bridgehead atoms. The van der Waals surface area contributed by atoms with Crippen LogP contribution in [0.2, 0.25) is 0 Å². The molecule has 2 fully saturated rings. The number of carbonyl (C=O) groups excluding carboxylic acids is 1. The molecule has 21 heavy (non-hydrogen) atoms. The quantitative estimate of drug-likeness (QED) is 0.922. The first-order valence-electron chi connectivity index (χ1n) is 8.40. The summed E-state index contributed by atoms with van der Waals surface area (Å²) in [5.74, 6) is 1.05. The third kappa shape index (κ3) is 3.85. The van der Waals surface area contributed by atoms with Crippen molar-refractivity contribution in [1.82, 2.24) is 10.2 Å². The molecule has 1 aliphatic carbocycles. The number of nitrogens with one attached hydrogen (secondary N) is 1. The van der Waals surface area contributed by atoms with E-state index < -0.39 is 0 Å². The van der Waals surface area contributed by atoms with E-state index in [4.69, 9.17) is 0 Å². The van der Waals surface area contributed by atoms with Crippen LogP contribution in [0.25, 0.3) is 0 Å². The lowest BCUT2D eigenvalue weighted by molar-refractivity contribution is 0.0693. The minimum absolute atomic E-state index is 0.183. The Morgan fingerprint density at radius 2 is 1.86 bits per heavy atom. The summed E-state index contributed by atoms with van der Waals surface area (Å²) in [7, 11) is 0. The van der Waals surface area contributed by atoms with Gasteiger partial charge in [-0.15, -0.1) is 0 Å². The Labute approximate surface area is 127 Å². The predicted octanol–water partition coefficient (Wildman–Crippen LogP) is 3.07. The minimum Gasteiger partial charge on any atom is -0.337 e. The second-order valence-corrected chi connectivity index (χ2v) is 6.52. The van der Waals surface area contributed by atoms with E-state index in [-0.39, 0.29) is 5.91 Å². The summed E-state index contributed by atoms with van der Waals surface area (Å²) >= 11 is 0. The van der Waals surface area contributed by atoms with Crippen LogP contribution < -0.4 is 5.32 Å². The second-order valence-electron chi connectivity index (χ2n) is 6.52. The molecular formula is C18H26N2O. The fraction of sp³-hybridized carbons (Fsp3) is 0.611. The van der Waals surface area contributed by atoms with E-state index in [9.17, 15) is 4.79 Å². The highest BCUT2D eigenvalue weighted by atomic mass is 16.2. The molecule has 0 spiro atoms. The van der Waals surface area contributed by atoms with Gasteiger partial charge in [0.25, 0.3) is 5.91 Å². The number of nitrogens with zero attached hydrogens (tertiary/aromatic N) is 1. The number of hydrogen-bond donors (Lipinski definition) is 1. The van der Waals surface area contributed by atoms with E-state index >= 15 is 0 Å². The van der Waals surface area contributed by atoms with Gasteiger partial charge in [0, 0.05) is 24.7 Å². The smallest absolute Gasteiger partial charge is 0.253 e. The lowest BCUT2D eigenvalue weighted by Gasteiger charge is -2.34. The van der Waals surface area contributed by atoms with E-state index in [0.717, 1.165) is 37.5 Å². The number of carbonyl (C=O) groups is 1. The first-order chi connectivity index (χ1) is 10.3. The maximum absolute atomic E-state index is 12.5. The number of amides is 1. The zero-order valence-electron chi connectivity index (χ0n) is 12.8. The van der Waals surface area contributed by atoms with Gasteiger partial charge in [-0.25, -0.2) is 0 Å². The van der Waals surface area contributed by atoms with Crippen LogP contribution in [0.3, 0.4) is 0 Å². The van der Waals surface area contributed by atoms with Crippen molar-refractivity contribution in [2.45, 2.75) is 44.6 Å². The fourth-order valence-corrected chi connectivity index (χ4v) is 3.64. The maximum atomic E-state index is 12.5. The van der Waals surface area contributed by atoms with Gasteiger partial charge in [-0.1, -0.05) is 31.0 Å². The molecule has 1 atom stereocenters. The second kappa shape index (κ2) is 7.08. The van der Waals surface area contributed by atoms with Gasteiger partial charge >= 0.3 is 0 Å². The van der Waals surface area contributed by atoms with Crippen LogP contribution in [0.5, 0.6) is 0 Å². The van der Waals surface area contributed by atoms with E-state index in [1.54, 1.807) is 0 Å². The summed E-state index contributed by atoms with van der Waals surface area (Å²) in [6.07, 6.45) is 7.87. The maximum Gasteiger partial charge on any atom is 0.253 e. The van der Waals surface area contributed by atoms with E-state index in [1.807, 2.05) is 35.2 Å². The molecule has 1 unspecified atom stereocenters. The molecular weight excluding hydrogens is 260 g/mol. The Morgan fingerprint density at radius 1 is 1.10 bits per heavy atom. The van der Waals surface area contributed by atoms with Crippen LogP contribution >= 0.6 is 0 Å².